The van der Waals surface area contributed by atoms with E-state index in [0.29, 0.717) is 17.7 Å². The van der Waals surface area contributed by atoms with E-state index < -0.39 is 16.1 Å². The molecule has 1 aliphatic heterocycles. The number of hydrogen-bond donors (Lipinski definition) is 1. The van der Waals surface area contributed by atoms with Gasteiger partial charge in [-0.1, -0.05) is 25.1 Å². The molecule has 0 bridgehead atoms. The van der Waals surface area contributed by atoms with Gasteiger partial charge in [0.25, 0.3) is 0 Å². The Morgan fingerprint density at radius 3 is 2.57 bits per heavy atom. The van der Waals surface area contributed by atoms with Crippen molar-refractivity contribution < 1.29 is 22.7 Å². The second-order valence-electron chi connectivity index (χ2n) is 8.17. The van der Waals surface area contributed by atoms with E-state index in [1.165, 1.54) is 22.5 Å². The van der Waals surface area contributed by atoms with Crippen molar-refractivity contribution in [1.29, 1.82) is 0 Å². The van der Waals surface area contributed by atoms with E-state index in [1.54, 1.807) is 31.2 Å². The Labute approximate surface area is 177 Å². The first-order valence-corrected chi connectivity index (χ1v) is 11.4. The molecule has 164 valence electrons. The summed E-state index contributed by atoms with van der Waals surface area (Å²) in [5.41, 5.74) is 1.31. The predicted molar refractivity (Wildman–Crippen MR) is 114 cm³/mol. The highest BCUT2D eigenvalue weighted by Gasteiger charge is 2.37. The van der Waals surface area contributed by atoms with Gasteiger partial charge in [0.2, 0.25) is 10.0 Å². The number of hydrogen-bond acceptors (Lipinski definition) is 5. The van der Waals surface area contributed by atoms with Crippen molar-refractivity contribution in [3.05, 3.63) is 48.3 Å². The van der Waals surface area contributed by atoms with Crippen molar-refractivity contribution >= 4 is 10.0 Å². The molecule has 0 fully saturated rings. The second kappa shape index (κ2) is 9.01. The predicted octanol–water partition coefficient (Wildman–Crippen LogP) is 2.82. The molecule has 0 unspecified atom stereocenters. The number of rotatable bonds is 5. The minimum Gasteiger partial charge on any atom is -0.487 e. The smallest absolute Gasteiger partial charge is 0.247 e. The van der Waals surface area contributed by atoms with Gasteiger partial charge in [-0.25, -0.2) is 12.8 Å². The van der Waals surface area contributed by atoms with Crippen molar-refractivity contribution in [3.63, 3.8) is 0 Å². The highest BCUT2D eigenvalue weighted by molar-refractivity contribution is 7.89. The standard InChI is InChI=1S/C22H29FN2O4S/c1-15-12-25(16(2)14-26)30(27,28)22-9-8-18(17-6-5-7-19(23)10-17)11-20(22)29-21(15)13-24(3)4/h5-11,15-16,21,26H,12-14H2,1-4H3/t15-,16+,21+/m0/s1. The molecule has 0 aliphatic carbocycles. The van der Waals surface area contributed by atoms with Crippen LogP contribution in [0, 0.1) is 11.7 Å². The lowest BCUT2D eigenvalue weighted by Gasteiger charge is -2.37. The van der Waals surface area contributed by atoms with Crippen molar-refractivity contribution in [1.82, 2.24) is 9.21 Å². The van der Waals surface area contributed by atoms with E-state index in [1.807, 2.05) is 25.9 Å². The first-order valence-electron chi connectivity index (χ1n) is 9.97. The first kappa shape index (κ1) is 22.7. The Hall–Kier alpha value is -2.00. The number of halogens is 1. The van der Waals surface area contributed by atoms with E-state index >= 15 is 0 Å². The topological polar surface area (TPSA) is 70.1 Å². The molecule has 8 heteroatoms. The van der Waals surface area contributed by atoms with Crippen molar-refractivity contribution in [3.8, 4) is 16.9 Å². The fraction of sp³-hybridized carbons (Fsp3) is 0.455. The van der Waals surface area contributed by atoms with Crippen LogP contribution in [-0.2, 0) is 10.0 Å². The summed E-state index contributed by atoms with van der Waals surface area (Å²) in [5, 5.41) is 9.66. The van der Waals surface area contributed by atoms with Crippen LogP contribution in [0.1, 0.15) is 13.8 Å². The Bertz CT molecular complexity index is 996. The molecule has 2 aromatic rings. The maximum atomic E-state index is 13.7. The minimum atomic E-state index is -3.89. The van der Waals surface area contributed by atoms with Gasteiger partial charge in [-0.15, -0.1) is 0 Å². The largest absolute Gasteiger partial charge is 0.487 e. The van der Waals surface area contributed by atoms with Gasteiger partial charge < -0.3 is 14.7 Å². The van der Waals surface area contributed by atoms with Crippen molar-refractivity contribution in [2.75, 3.05) is 33.8 Å². The summed E-state index contributed by atoms with van der Waals surface area (Å²) >= 11 is 0. The molecule has 2 aromatic carbocycles. The van der Waals surface area contributed by atoms with Gasteiger partial charge in [0.05, 0.1) is 6.61 Å². The fourth-order valence-corrected chi connectivity index (χ4v) is 5.48. The Kier molecular flexibility index (Phi) is 6.81. The number of nitrogens with zero attached hydrogens (tertiary/aromatic N) is 2. The third-order valence-corrected chi connectivity index (χ3v) is 7.39. The number of benzene rings is 2. The first-order chi connectivity index (χ1) is 14.1. The zero-order chi connectivity index (χ0) is 22.1. The quantitative estimate of drug-likeness (QED) is 0.781. The maximum Gasteiger partial charge on any atom is 0.247 e. The van der Waals surface area contributed by atoms with E-state index in [0.717, 1.165) is 0 Å². The Morgan fingerprint density at radius 1 is 1.23 bits per heavy atom. The van der Waals surface area contributed by atoms with E-state index in [4.69, 9.17) is 4.74 Å². The molecule has 1 N–H and O–H groups in total. The van der Waals surface area contributed by atoms with Crippen LogP contribution in [0.3, 0.4) is 0 Å². The molecule has 6 nitrogen and oxygen atoms in total. The average Bonchev–Trinajstić information content (AvgIpc) is 2.69. The summed E-state index contributed by atoms with van der Waals surface area (Å²) in [6, 6.07) is 10.4. The van der Waals surface area contributed by atoms with Gasteiger partial charge in [-0.05, 0) is 56.4 Å². The van der Waals surface area contributed by atoms with Crippen LogP contribution in [0.4, 0.5) is 4.39 Å². The lowest BCUT2D eigenvalue weighted by Crippen LogP contribution is -2.49. The summed E-state index contributed by atoms with van der Waals surface area (Å²) in [6.45, 7) is 4.21. The molecule has 1 aliphatic rings. The van der Waals surface area contributed by atoms with E-state index in [9.17, 15) is 17.9 Å². The Balaban J connectivity index is 2.15. The third kappa shape index (κ3) is 4.67. The third-order valence-electron chi connectivity index (χ3n) is 5.37. The van der Waals surface area contributed by atoms with Crippen LogP contribution in [0.25, 0.3) is 11.1 Å². The normalized spacial score (nSPS) is 22.6. The Morgan fingerprint density at radius 2 is 1.93 bits per heavy atom. The molecule has 0 aromatic heterocycles. The summed E-state index contributed by atoms with van der Waals surface area (Å²) in [5.74, 6) is -0.234. The average molecular weight is 437 g/mol. The van der Waals surface area contributed by atoms with Crippen molar-refractivity contribution in [2.24, 2.45) is 5.92 Å². The molecule has 0 spiro atoms. The van der Waals surface area contributed by atoms with Crippen LogP contribution < -0.4 is 4.74 Å². The summed E-state index contributed by atoms with van der Waals surface area (Å²) in [4.78, 5) is 2.05. The number of likely N-dealkylation sites (N-methyl/N-ethyl adjacent to an activating group) is 1. The van der Waals surface area contributed by atoms with Gasteiger partial charge in [-0.3, -0.25) is 0 Å². The molecular weight excluding hydrogens is 407 g/mol. The number of aliphatic hydroxyl groups is 1. The highest BCUT2D eigenvalue weighted by Crippen LogP contribution is 2.36. The van der Waals surface area contributed by atoms with Crippen LogP contribution in [0.5, 0.6) is 5.75 Å². The zero-order valence-electron chi connectivity index (χ0n) is 17.7. The maximum absolute atomic E-state index is 13.7. The highest BCUT2D eigenvalue weighted by atomic mass is 32.2. The SMILES string of the molecule is C[C@H](CO)N1C[C@H](C)[C@@H](CN(C)C)Oc2cc(-c3cccc(F)c3)ccc2S1(=O)=O. The van der Waals surface area contributed by atoms with Gasteiger partial charge in [-0.2, -0.15) is 4.31 Å². The van der Waals surface area contributed by atoms with Crippen LogP contribution in [-0.4, -0.2) is 68.7 Å². The molecule has 0 saturated carbocycles. The molecule has 3 atom stereocenters. The zero-order valence-corrected chi connectivity index (χ0v) is 18.6. The lowest BCUT2D eigenvalue weighted by molar-refractivity contribution is 0.0813. The van der Waals surface area contributed by atoms with E-state index in [2.05, 4.69) is 0 Å². The number of fused-ring (bicyclic) bond motifs is 1. The minimum absolute atomic E-state index is 0.0543. The molecule has 1 heterocycles. The fourth-order valence-electron chi connectivity index (χ4n) is 3.65. The number of ether oxygens (including phenoxy) is 1. The van der Waals surface area contributed by atoms with Gasteiger partial charge in [0.1, 0.15) is 22.6 Å². The van der Waals surface area contributed by atoms with Gasteiger partial charge in [0, 0.05) is 25.0 Å². The molecular formula is C22H29FN2O4S. The molecule has 30 heavy (non-hydrogen) atoms. The summed E-state index contributed by atoms with van der Waals surface area (Å²) in [7, 11) is -0.0166. The summed E-state index contributed by atoms with van der Waals surface area (Å²) < 4.78 is 48.1. The number of sulfonamides is 1. The molecule has 0 radical (unpaired) electrons. The van der Waals surface area contributed by atoms with Crippen molar-refractivity contribution in [2.45, 2.75) is 30.9 Å². The van der Waals surface area contributed by atoms with Gasteiger partial charge in [0.15, 0.2) is 0 Å². The summed E-state index contributed by atoms with van der Waals surface area (Å²) in [6.07, 6.45) is -0.259. The second-order valence-corrected chi connectivity index (χ2v) is 10.0. The molecule has 0 amide bonds. The lowest BCUT2D eigenvalue weighted by atomic mass is 10.0. The van der Waals surface area contributed by atoms with Crippen LogP contribution >= 0.6 is 0 Å². The molecule has 0 saturated heterocycles. The molecule has 3 rings (SSSR count). The number of aliphatic hydroxyl groups excluding tert-OH is 1. The monoisotopic (exact) mass is 436 g/mol. The van der Waals surface area contributed by atoms with Crippen LogP contribution in [0.15, 0.2) is 47.4 Å². The van der Waals surface area contributed by atoms with Crippen LogP contribution in [0.2, 0.25) is 0 Å². The van der Waals surface area contributed by atoms with E-state index in [-0.39, 0.29) is 41.6 Å². The van der Waals surface area contributed by atoms with Gasteiger partial charge >= 0.3 is 0 Å².